The number of nitrogens with two attached hydrogens (primary N) is 1. The second-order valence-corrected chi connectivity index (χ2v) is 5.58. The first-order chi connectivity index (χ1) is 7.84. The lowest BCUT2D eigenvalue weighted by Crippen LogP contribution is -2.43. The van der Waals surface area contributed by atoms with Crippen LogP contribution in [0.4, 0.5) is 10.1 Å². The van der Waals surface area contributed by atoms with Crippen LogP contribution < -0.4 is 11.1 Å². The van der Waals surface area contributed by atoms with E-state index in [4.69, 9.17) is 17.3 Å². The monoisotopic (exact) mass is 258 g/mol. The highest BCUT2D eigenvalue weighted by Crippen LogP contribution is 2.24. The molecule has 0 aliphatic heterocycles. The van der Waals surface area contributed by atoms with Gasteiger partial charge in [-0.1, -0.05) is 25.4 Å². The lowest BCUT2D eigenvalue weighted by molar-refractivity contribution is 0.407. The van der Waals surface area contributed by atoms with E-state index in [0.29, 0.717) is 23.2 Å². The van der Waals surface area contributed by atoms with Crippen LogP contribution in [0.2, 0.25) is 5.02 Å². The van der Waals surface area contributed by atoms with E-state index >= 15 is 0 Å². The van der Waals surface area contributed by atoms with Crippen LogP contribution in [0, 0.1) is 11.7 Å². The van der Waals surface area contributed by atoms with Gasteiger partial charge < -0.3 is 11.1 Å². The zero-order valence-electron chi connectivity index (χ0n) is 10.6. The molecule has 3 N–H and O–H groups in total. The number of hydrogen-bond acceptors (Lipinski definition) is 2. The molecule has 17 heavy (non-hydrogen) atoms. The average molecular weight is 259 g/mol. The van der Waals surface area contributed by atoms with Crippen LogP contribution in [0.15, 0.2) is 18.2 Å². The van der Waals surface area contributed by atoms with E-state index in [1.165, 1.54) is 12.1 Å². The fourth-order valence-electron chi connectivity index (χ4n) is 2.06. The predicted molar refractivity (Wildman–Crippen MR) is 71.9 cm³/mol. The van der Waals surface area contributed by atoms with Gasteiger partial charge in [0.1, 0.15) is 5.82 Å². The molecule has 0 saturated carbocycles. The van der Waals surface area contributed by atoms with Gasteiger partial charge in [-0.15, -0.1) is 0 Å². The van der Waals surface area contributed by atoms with E-state index in [0.717, 1.165) is 6.42 Å². The maximum atomic E-state index is 13.2. The second-order valence-electron chi connectivity index (χ2n) is 5.15. The summed E-state index contributed by atoms with van der Waals surface area (Å²) in [5, 5.41) is 3.65. The van der Waals surface area contributed by atoms with Crippen LogP contribution >= 0.6 is 11.6 Å². The molecule has 0 amide bonds. The Bertz CT molecular complexity index is 361. The van der Waals surface area contributed by atoms with E-state index in [-0.39, 0.29) is 11.4 Å². The molecule has 96 valence electrons. The van der Waals surface area contributed by atoms with Crippen molar-refractivity contribution in [2.24, 2.45) is 11.7 Å². The molecule has 0 fully saturated rings. The van der Waals surface area contributed by atoms with Gasteiger partial charge in [-0.25, -0.2) is 4.39 Å². The van der Waals surface area contributed by atoms with Gasteiger partial charge in [0.15, 0.2) is 0 Å². The van der Waals surface area contributed by atoms with Crippen molar-refractivity contribution in [1.82, 2.24) is 0 Å². The molecule has 4 heteroatoms. The van der Waals surface area contributed by atoms with Crippen molar-refractivity contribution >= 4 is 17.3 Å². The summed E-state index contributed by atoms with van der Waals surface area (Å²) in [6, 6.07) is 4.42. The van der Waals surface area contributed by atoms with Gasteiger partial charge >= 0.3 is 0 Å². The fraction of sp³-hybridized carbons (Fsp3) is 0.538. The smallest absolute Gasteiger partial charge is 0.126 e. The summed E-state index contributed by atoms with van der Waals surface area (Å²) >= 11 is 5.82. The molecule has 0 spiro atoms. The molecule has 0 heterocycles. The lowest BCUT2D eigenvalue weighted by Gasteiger charge is -2.32. The highest BCUT2D eigenvalue weighted by molar-refractivity contribution is 6.30. The Morgan fingerprint density at radius 1 is 1.41 bits per heavy atom. The van der Waals surface area contributed by atoms with Crippen LogP contribution in [0.5, 0.6) is 0 Å². The van der Waals surface area contributed by atoms with E-state index in [1.54, 1.807) is 6.07 Å². The molecule has 1 rings (SSSR count). The molecule has 0 aliphatic carbocycles. The molecule has 1 unspecified atom stereocenters. The number of halogens is 2. The summed E-state index contributed by atoms with van der Waals surface area (Å²) in [4.78, 5) is 0. The molecule has 0 aromatic heterocycles. The topological polar surface area (TPSA) is 38.0 Å². The summed E-state index contributed by atoms with van der Waals surface area (Å²) < 4.78 is 13.2. The van der Waals surface area contributed by atoms with Crippen molar-refractivity contribution in [2.75, 3.05) is 11.9 Å². The van der Waals surface area contributed by atoms with Gasteiger partial charge in [0.25, 0.3) is 0 Å². The first kappa shape index (κ1) is 14.3. The normalized spacial score (nSPS) is 14.8. The average Bonchev–Trinajstić information content (AvgIpc) is 2.14. The molecule has 0 bridgehead atoms. The Labute approximate surface area is 107 Å². The van der Waals surface area contributed by atoms with E-state index < -0.39 is 0 Å². The molecular weight excluding hydrogens is 239 g/mol. The minimum Gasteiger partial charge on any atom is -0.378 e. The van der Waals surface area contributed by atoms with Crippen molar-refractivity contribution in [1.29, 1.82) is 0 Å². The molecular formula is C13H20ClFN2. The molecule has 0 radical (unpaired) electrons. The summed E-state index contributed by atoms with van der Waals surface area (Å²) in [7, 11) is 0. The Balaban J connectivity index is 2.86. The van der Waals surface area contributed by atoms with Crippen LogP contribution in [-0.2, 0) is 0 Å². The Morgan fingerprint density at radius 2 is 2.06 bits per heavy atom. The number of nitrogens with one attached hydrogen (secondary N) is 1. The van der Waals surface area contributed by atoms with Crippen LogP contribution in [0.1, 0.15) is 27.2 Å². The number of hydrogen-bond donors (Lipinski definition) is 2. The highest BCUT2D eigenvalue weighted by atomic mass is 35.5. The predicted octanol–water partition coefficient (Wildman–Crippen LogP) is 3.65. The first-order valence-electron chi connectivity index (χ1n) is 5.79. The molecule has 1 atom stereocenters. The third kappa shape index (κ3) is 4.52. The Kier molecular flexibility index (Phi) is 4.78. The van der Waals surface area contributed by atoms with E-state index in [2.05, 4.69) is 19.2 Å². The van der Waals surface area contributed by atoms with Crippen molar-refractivity contribution in [3.8, 4) is 0 Å². The SMILES string of the molecule is CC(C)CC(C)(CN)Nc1cc(F)cc(Cl)c1. The number of benzene rings is 1. The summed E-state index contributed by atoms with van der Waals surface area (Å²) in [5.74, 6) is 0.170. The zero-order valence-corrected chi connectivity index (χ0v) is 11.3. The van der Waals surface area contributed by atoms with Crippen LogP contribution in [0.3, 0.4) is 0 Å². The minimum atomic E-state index is -0.344. The third-order valence-electron chi connectivity index (χ3n) is 2.62. The Hall–Kier alpha value is -0.800. The van der Waals surface area contributed by atoms with Gasteiger partial charge in [-0.2, -0.15) is 0 Å². The maximum absolute atomic E-state index is 13.2. The number of rotatable bonds is 5. The highest BCUT2D eigenvalue weighted by Gasteiger charge is 2.23. The summed E-state index contributed by atoms with van der Waals surface area (Å²) in [6.45, 7) is 6.79. The second kappa shape index (κ2) is 5.69. The van der Waals surface area contributed by atoms with Crippen LogP contribution in [0.25, 0.3) is 0 Å². The summed E-state index contributed by atoms with van der Waals surface area (Å²) in [6.07, 6.45) is 0.914. The first-order valence-corrected chi connectivity index (χ1v) is 6.17. The van der Waals surface area contributed by atoms with Gasteiger partial charge in [0.05, 0.1) is 0 Å². The van der Waals surface area contributed by atoms with Crippen molar-refractivity contribution in [2.45, 2.75) is 32.7 Å². The van der Waals surface area contributed by atoms with E-state index in [1.807, 2.05) is 6.92 Å². The Morgan fingerprint density at radius 3 is 2.53 bits per heavy atom. The van der Waals surface area contributed by atoms with E-state index in [9.17, 15) is 4.39 Å². The van der Waals surface area contributed by atoms with Gasteiger partial charge in [0.2, 0.25) is 0 Å². The standard InChI is InChI=1S/C13H20ClFN2/c1-9(2)7-13(3,8-16)17-12-5-10(14)4-11(15)6-12/h4-6,9,17H,7-8,16H2,1-3H3. The summed E-state index contributed by atoms with van der Waals surface area (Å²) in [5.41, 5.74) is 6.22. The van der Waals surface area contributed by atoms with Crippen molar-refractivity contribution < 1.29 is 4.39 Å². The van der Waals surface area contributed by atoms with Gasteiger partial charge in [0, 0.05) is 22.8 Å². The quantitative estimate of drug-likeness (QED) is 0.846. The molecule has 2 nitrogen and oxygen atoms in total. The van der Waals surface area contributed by atoms with Crippen molar-refractivity contribution in [3.63, 3.8) is 0 Å². The van der Waals surface area contributed by atoms with Crippen molar-refractivity contribution in [3.05, 3.63) is 29.0 Å². The molecule has 0 aliphatic rings. The lowest BCUT2D eigenvalue weighted by atomic mass is 9.90. The minimum absolute atomic E-state index is 0.245. The molecule has 1 aromatic carbocycles. The zero-order chi connectivity index (χ0) is 13.1. The molecule has 0 saturated heterocycles. The molecule has 1 aromatic rings. The van der Waals surface area contributed by atoms with Gasteiger partial charge in [-0.3, -0.25) is 0 Å². The maximum Gasteiger partial charge on any atom is 0.126 e. The third-order valence-corrected chi connectivity index (χ3v) is 2.84. The largest absolute Gasteiger partial charge is 0.378 e. The number of anilines is 1. The van der Waals surface area contributed by atoms with Gasteiger partial charge in [-0.05, 0) is 37.5 Å². The fourth-order valence-corrected chi connectivity index (χ4v) is 2.28. The van der Waals surface area contributed by atoms with Crippen LogP contribution in [-0.4, -0.2) is 12.1 Å².